The monoisotopic (exact) mass is 257 g/mol. The third-order valence-corrected chi connectivity index (χ3v) is 3.66. The molecular formula is C13H23NO4. The minimum atomic E-state index is -0.453. The van der Waals surface area contributed by atoms with E-state index in [1.54, 1.807) is 0 Å². The lowest BCUT2D eigenvalue weighted by atomic mass is 9.72. The Kier molecular flexibility index (Phi) is 6.09. The van der Waals surface area contributed by atoms with Gasteiger partial charge in [-0.2, -0.15) is 0 Å². The summed E-state index contributed by atoms with van der Waals surface area (Å²) in [5, 5.41) is 10.8. The molecule has 0 atom stereocenters. The largest absolute Gasteiger partial charge is 0.466 e. The van der Waals surface area contributed by atoms with E-state index >= 15 is 0 Å². The van der Waals surface area contributed by atoms with Crippen LogP contribution in [-0.4, -0.2) is 24.0 Å². The Bertz CT molecular complexity index is 285. The van der Waals surface area contributed by atoms with Crippen LogP contribution in [0.3, 0.4) is 0 Å². The number of nitro groups is 1. The molecule has 0 aromatic rings. The Morgan fingerprint density at radius 3 is 2.56 bits per heavy atom. The quantitative estimate of drug-likeness (QED) is 0.304. The van der Waals surface area contributed by atoms with Gasteiger partial charge in [0, 0.05) is 10.3 Å². The molecule has 0 unspecified atom stereocenters. The van der Waals surface area contributed by atoms with Crippen LogP contribution < -0.4 is 0 Å². The normalized spacial score (nSPS) is 18.3. The zero-order valence-corrected chi connectivity index (χ0v) is 11.2. The molecule has 5 heteroatoms. The average Bonchev–Trinajstić information content (AvgIpc) is 2.29. The van der Waals surface area contributed by atoms with Gasteiger partial charge in [-0.15, -0.1) is 0 Å². The van der Waals surface area contributed by atoms with E-state index in [0.29, 0.717) is 6.61 Å². The molecule has 0 heterocycles. The first-order valence-electron chi connectivity index (χ1n) is 6.85. The topological polar surface area (TPSA) is 69.4 Å². The second-order valence-corrected chi connectivity index (χ2v) is 5.30. The van der Waals surface area contributed by atoms with Crippen molar-refractivity contribution >= 4 is 5.97 Å². The number of nitrogens with zero attached hydrogens (tertiary/aromatic N) is 1. The van der Waals surface area contributed by atoms with Gasteiger partial charge in [0.25, 0.3) is 0 Å². The first-order chi connectivity index (χ1) is 8.58. The van der Waals surface area contributed by atoms with Crippen molar-refractivity contribution < 1.29 is 14.5 Å². The average molecular weight is 257 g/mol. The van der Waals surface area contributed by atoms with E-state index < -0.39 is 5.41 Å². The first-order valence-corrected chi connectivity index (χ1v) is 6.85. The van der Waals surface area contributed by atoms with E-state index in [-0.39, 0.29) is 23.9 Å². The summed E-state index contributed by atoms with van der Waals surface area (Å²) < 4.78 is 5.13. The fourth-order valence-electron chi connectivity index (χ4n) is 2.65. The zero-order chi connectivity index (χ0) is 13.4. The SMILES string of the molecule is CCCCOC(=O)CC1(C[N+](=O)[O-])CCCCC1. The molecule has 0 N–H and O–H groups in total. The predicted octanol–water partition coefficient (Wildman–Crippen LogP) is 2.95. The number of hydrogen-bond donors (Lipinski definition) is 0. The van der Waals surface area contributed by atoms with Crippen molar-refractivity contribution in [1.29, 1.82) is 0 Å². The lowest BCUT2D eigenvalue weighted by Gasteiger charge is -2.32. The standard InChI is InChI=1S/C13H23NO4/c1-2-3-9-18-12(15)10-13(11-14(16)17)7-5-4-6-8-13/h2-11H2,1H3. The van der Waals surface area contributed by atoms with E-state index in [1.807, 2.05) is 6.92 Å². The van der Waals surface area contributed by atoms with Crippen LogP contribution in [0, 0.1) is 15.5 Å². The maximum atomic E-state index is 11.7. The summed E-state index contributed by atoms with van der Waals surface area (Å²) in [6.45, 7) is 2.36. The van der Waals surface area contributed by atoms with Crippen molar-refractivity contribution in [2.24, 2.45) is 5.41 Å². The number of carbonyl (C=O) groups excluding carboxylic acids is 1. The molecule has 104 valence electrons. The number of rotatable bonds is 7. The summed E-state index contributed by atoms with van der Waals surface area (Å²) in [5.41, 5.74) is -0.453. The van der Waals surface area contributed by atoms with E-state index in [1.165, 1.54) is 0 Å². The molecule has 0 aromatic carbocycles. The second-order valence-electron chi connectivity index (χ2n) is 5.30. The highest BCUT2D eigenvalue weighted by atomic mass is 16.6. The third kappa shape index (κ3) is 5.02. The highest BCUT2D eigenvalue weighted by Gasteiger charge is 2.39. The minimum absolute atomic E-state index is 0.101. The molecule has 0 bridgehead atoms. The van der Waals surface area contributed by atoms with E-state index in [0.717, 1.165) is 44.9 Å². The maximum Gasteiger partial charge on any atom is 0.306 e. The Morgan fingerprint density at radius 1 is 1.33 bits per heavy atom. The molecular weight excluding hydrogens is 234 g/mol. The van der Waals surface area contributed by atoms with E-state index in [4.69, 9.17) is 4.74 Å². The first kappa shape index (κ1) is 14.9. The Balaban J connectivity index is 2.49. The number of hydrogen-bond acceptors (Lipinski definition) is 4. The van der Waals surface area contributed by atoms with Gasteiger partial charge in [-0.25, -0.2) is 0 Å². The van der Waals surface area contributed by atoms with Gasteiger partial charge in [-0.3, -0.25) is 14.9 Å². The predicted molar refractivity (Wildman–Crippen MR) is 67.9 cm³/mol. The van der Waals surface area contributed by atoms with Gasteiger partial charge in [0.2, 0.25) is 6.54 Å². The van der Waals surface area contributed by atoms with Gasteiger partial charge in [-0.1, -0.05) is 32.6 Å². The molecule has 1 aliphatic carbocycles. The summed E-state index contributed by atoms with van der Waals surface area (Å²) in [5.74, 6) is -0.271. The van der Waals surface area contributed by atoms with Crippen molar-refractivity contribution in [3.63, 3.8) is 0 Å². The van der Waals surface area contributed by atoms with Crippen molar-refractivity contribution in [3.05, 3.63) is 10.1 Å². The Hall–Kier alpha value is -1.13. The summed E-state index contributed by atoms with van der Waals surface area (Å²) >= 11 is 0. The highest BCUT2D eigenvalue weighted by molar-refractivity contribution is 5.70. The van der Waals surface area contributed by atoms with Gasteiger partial charge in [0.15, 0.2) is 0 Å². The van der Waals surface area contributed by atoms with E-state index in [9.17, 15) is 14.9 Å². The summed E-state index contributed by atoms with van der Waals surface area (Å²) in [7, 11) is 0. The molecule has 0 amide bonds. The molecule has 0 saturated heterocycles. The van der Waals surface area contributed by atoms with Crippen LogP contribution in [-0.2, 0) is 9.53 Å². The smallest absolute Gasteiger partial charge is 0.306 e. The third-order valence-electron chi connectivity index (χ3n) is 3.66. The van der Waals surface area contributed by atoms with Crippen molar-refractivity contribution in [3.8, 4) is 0 Å². The van der Waals surface area contributed by atoms with Crippen LogP contribution in [0.5, 0.6) is 0 Å². The van der Waals surface area contributed by atoms with Crippen LogP contribution in [0.15, 0.2) is 0 Å². The molecule has 1 saturated carbocycles. The van der Waals surface area contributed by atoms with Crippen LogP contribution >= 0.6 is 0 Å². The van der Waals surface area contributed by atoms with Crippen LogP contribution in [0.1, 0.15) is 58.3 Å². The van der Waals surface area contributed by atoms with Crippen molar-refractivity contribution in [2.45, 2.75) is 58.3 Å². The minimum Gasteiger partial charge on any atom is -0.466 e. The Labute approximate surface area is 108 Å². The molecule has 1 rings (SSSR count). The molecule has 1 aliphatic rings. The van der Waals surface area contributed by atoms with Gasteiger partial charge in [0.05, 0.1) is 13.0 Å². The Morgan fingerprint density at radius 2 is 2.00 bits per heavy atom. The molecule has 0 radical (unpaired) electrons. The fraction of sp³-hybridized carbons (Fsp3) is 0.923. The van der Waals surface area contributed by atoms with Crippen molar-refractivity contribution in [2.75, 3.05) is 13.2 Å². The van der Waals surface area contributed by atoms with Crippen LogP contribution in [0.2, 0.25) is 0 Å². The summed E-state index contributed by atoms with van der Waals surface area (Å²) in [4.78, 5) is 22.2. The zero-order valence-electron chi connectivity index (χ0n) is 11.2. The van der Waals surface area contributed by atoms with Crippen LogP contribution in [0.4, 0.5) is 0 Å². The molecule has 0 aromatic heterocycles. The summed E-state index contributed by atoms with van der Waals surface area (Å²) in [6.07, 6.45) is 6.67. The van der Waals surface area contributed by atoms with Crippen molar-refractivity contribution in [1.82, 2.24) is 0 Å². The number of unbranched alkanes of at least 4 members (excludes halogenated alkanes) is 1. The lowest BCUT2D eigenvalue weighted by Crippen LogP contribution is -2.35. The van der Waals surface area contributed by atoms with Gasteiger partial charge >= 0.3 is 5.97 Å². The van der Waals surface area contributed by atoms with Gasteiger partial charge < -0.3 is 4.74 Å². The van der Waals surface area contributed by atoms with E-state index in [2.05, 4.69) is 0 Å². The molecule has 0 aliphatic heterocycles. The van der Waals surface area contributed by atoms with Gasteiger partial charge in [0.1, 0.15) is 0 Å². The van der Waals surface area contributed by atoms with Crippen LogP contribution in [0.25, 0.3) is 0 Å². The number of carbonyl (C=O) groups is 1. The molecule has 1 fully saturated rings. The molecule has 5 nitrogen and oxygen atoms in total. The summed E-state index contributed by atoms with van der Waals surface area (Å²) in [6, 6.07) is 0. The second kappa shape index (κ2) is 7.34. The number of esters is 1. The van der Waals surface area contributed by atoms with Gasteiger partial charge in [-0.05, 0) is 19.3 Å². The lowest BCUT2D eigenvalue weighted by molar-refractivity contribution is -0.498. The molecule has 18 heavy (non-hydrogen) atoms. The fourth-order valence-corrected chi connectivity index (χ4v) is 2.65. The molecule has 0 spiro atoms. The number of ether oxygens (including phenoxy) is 1. The maximum absolute atomic E-state index is 11.7. The highest BCUT2D eigenvalue weighted by Crippen LogP contribution is 2.39.